The van der Waals surface area contributed by atoms with E-state index in [-0.39, 0.29) is 6.01 Å². The fourth-order valence-corrected chi connectivity index (χ4v) is 2.01. The molecule has 0 spiro atoms. The highest BCUT2D eigenvalue weighted by Gasteiger charge is 2.09. The van der Waals surface area contributed by atoms with E-state index in [9.17, 15) is 0 Å². The van der Waals surface area contributed by atoms with Crippen molar-refractivity contribution in [3.05, 3.63) is 60.3 Å². The number of methoxy groups -OCH3 is 2. The molecule has 2 aromatic heterocycles. The van der Waals surface area contributed by atoms with Gasteiger partial charge in [-0.3, -0.25) is 5.43 Å². The molecule has 0 aliphatic rings. The number of rotatable bonds is 7. The van der Waals surface area contributed by atoms with Gasteiger partial charge in [0.2, 0.25) is 11.8 Å². The van der Waals surface area contributed by atoms with E-state index in [1.54, 1.807) is 24.5 Å². The lowest BCUT2D eigenvalue weighted by molar-refractivity contribution is 0.348. The molecule has 0 radical (unpaired) electrons. The number of nitrogens with one attached hydrogen (secondary N) is 1. The Morgan fingerprint density at radius 3 is 2.38 bits per heavy atom. The Kier molecular flexibility index (Phi) is 5.56. The highest BCUT2D eigenvalue weighted by Crippen LogP contribution is 2.25. The molecule has 0 saturated heterocycles. The van der Waals surface area contributed by atoms with Gasteiger partial charge in [-0.1, -0.05) is 18.2 Å². The zero-order valence-electron chi connectivity index (χ0n) is 14.3. The normalized spacial score (nSPS) is 10.5. The lowest BCUT2D eigenvalue weighted by atomic mass is 10.2. The molecule has 1 aromatic carbocycles. The predicted octanol–water partition coefficient (Wildman–Crippen LogP) is 3.13. The lowest BCUT2D eigenvalue weighted by Gasteiger charge is -2.09. The number of nitrogens with zero attached hydrogens (tertiary/aromatic N) is 4. The van der Waals surface area contributed by atoms with Crippen molar-refractivity contribution in [1.82, 2.24) is 15.0 Å². The molecule has 0 atom stereocenters. The van der Waals surface area contributed by atoms with Crippen molar-refractivity contribution in [1.29, 1.82) is 0 Å². The minimum atomic E-state index is 0.111. The molecular formula is C18H17N5O3. The highest BCUT2D eigenvalue weighted by molar-refractivity contribution is 5.84. The van der Waals surface area contributed by atoms with E-state index in [0.29, 0.717) is 23.3 Å². The molecule has 0 aliphatic heterocycles. The number of pyridine rings is 1. The van der Waals surface area contributed by atoms with Crippen LogP contribution in [0.15, 0.2) is 59.8 Å². The van der Waals surface area contributed by atoms with Crippen molar-refractivity contribution < 1.29 is 14.2 Å². The van der Waals surface area contributed by atoms with Gasteiger partial charge in [0.25, 0.3) is 0 Å². The Balaban J connectivity index is 1.79. The molecule has 0 amide bonds. The second kappa shape index (κ2) is 8.43. The van der Waals surface area contributed by atoms with Crippen LogP contribution in [0.5, 0.6) is 23.5 Å². The molecule has 0 bridgehead atoms. The monoisotopic (exact) mass is 351 g/mol. The molecule has 2 heterocycles. The summed E-state index contributed by atoms with van der Waals surface area (Å²) in [5.41, 5.74) is 3.59. The van der Waals surface area contributed by atoms with Crippen molar-refractivity contribution in [2.24, 2.45) is 5.10 Å². The first-order valence-corrected chi connectivity index (χ1v) is 7.72. The van der Waals surface area contributed by atoms with Crippen LogP contribution in [0.2, 0.25) is 0 Å². The van der Waals surface area contributed by atoms with Gasteiger partial charge in [0.05, 0.1) is 26.5 Å². The van der Waals surface area contributed by atoms with E-state index in [2.05, 4.69) is 25.5 Å². The van der Waals surface area contributed by atoms with Gasteiger partial charge in [-0.15, -0.1) is 0 Å². The fraction of sp³-hybridized carbons (Fsp3) is 0.111. The summed E-state index contributed by atoms with van der Waals surface area (Å²) in [6.45, 7) is 0. The van der Waals surface area contributed by atoms with Gasteiger partial charge in [0, 0.05) is 11.8 Å². The Bertz CT molecular complexity index is 865. The molecule has 8 nitrogen and oxygen atoms in total. The summed E-state index contributed by atoms with van der Waals surface area (Å²) in [4.78, 5) is 12.5. The van der Waals surface area contributed by atoms with Crippen LogP contribution in [0.1, 0.15) is 5.56 Å². The van der Waals surface area contributed by atoms with Crippen molar-refractivity contribution in [2.45, 2.75) is 0 Å². The maximum atomic E-state index is 5.78. The lowest BCUT2D eigenvalue weighted by Crippen LogP contribution is -2.00. The van der Waals surface area contributed by atoms with Gasteiger partial charge in [0.15, 0.2) is 0 Å². The summed E-state index contributed by atoms with van der Waals surface area (Å²) < 4.78 is 16.0. The summed E-state index contributed by atoms with van der Waals surface area (Å²) in [5, 5.41) is 4.17. The van der Waals surface area contributed by atoms with Crippen LogP contribution in [-0.4, -0.2) is 35.4 Å². The quantitative estimate of drug-likeness (QED) is 0.516. The predicted molar refractivity (Wildman–Crippen MR) is 97.1 cm³/mol. The largest absolute Gasteiger partial charge is 0.481 e. The Morgan fingerprint density at radius 2 is 1.69 bits per heavy atom. The number of ether oxygens (including phenoxy) is 3. The molecule has 0 saturated carbocycles. The number of hydrogen-bond donors (Lipinski definition) is 1. The van der Waals surface area contributed by atoms with Crippen molar-refractivity contribution >= 4 is 12.0 Å². The molecule has 0 unspecified atom stereocenters. The smallest absolute Gasteiger partial charge is 0.328 e. The summed E-state index contributed by atoms with van der Waals surface area (Å²) in [7, 11) is 3.02. The highest BCUT2D eigenvalue weighted by atomic mass is 16.5. The van der Waals surface area contributed by atoms with Crippen molar-refractivity contribution in [2.75, 3.05) is 19.6 Å². The number of aromatic nitrogens is 3. The van der Waals surface area contributed by atoms with E-state index in [1.807, 2.05) is 36.4 Å². The minimum Gasteiger partial charge on any atom is -0.481 e. The minimum absolute atomic E-state index is 0.111. The molecule has 26 heavy (non-hydrogen) atoms. The standard InChI is InChI=1S/C18H17N5O3/c1-24-16-11-17(25-2)22-18(21-16)26-14-8-4-3-7-13(14)12-20-23-15-9-5-6-10-19-15/h3-12H,1-2H3,(H,19,23). The average Bonchev–Trinajstić information content (AvgIpc) is 2.69. The van der Waals surface area contributed by atoms with Gasteiger partial charge in [-0.25, -0.2) is 4.98 Å². The Morgan fingerprint density at radius 1 is 0.962 bits per heavy atom. The van der Waals surface area contributed by atoms with E-state index in [4.69, 9.17) is 14.2 Å². The number of benzene rings is 1. The van der Waals surface area contributed by atoms with Gasteiger partial charge < -0.3 is 14.2 Å². The first-order chi connectivity index (χ1) is 12.8. The molecule has 8 heteroatoms. The van der Waals surface area contributed by atoms with Crippen molar-refractivity contribution in [3.63, 3.8) is 0 Å². The molecule has 0 aliphatic carbocycles. The average molecular weight is 351 g/mol. The summed E-state index contributed by atoms with van der Waals surface area (Å²) in [5.74, 6) is 1.86. The molecule has 3 rings (SSSR count). The van der Waals surface area contributed by atoms with E-state index < -0.39 is 0 Å². The van der Waals surface area contributed by atoms with Crippen LogP contribution in [0.25, 0.3) is 0 Å². The van der Waals surface area contributed by atoms with Gasteiger partial charge in [-0.2, -0.15) is 15.1 Å². The third kappa shape index (κ3) is 4.44. The third-order valence-electron chi connectivity index (χ3n) is 3.24. The molecule has 0 fully saturated rings. The number of anilines is 1. The summed E-state index contributed by atoms with van der Waals surface area (Å²) in [6, 6.07) is 14.6. The van der Waals surface area contributed by atoms with Crippen molar-refractivity contribution in [3.8, 4) is 23.5 Å². The van der Waals surface area contributed by atoms with Gasteiger partial charge in [0.1, 0.15) is 11.6 Å². The van der Waals surface area contributed by atoms with Crippen LogP contribution in [0.4, 0.5) is 5.82 Å². The Labute approximate surface area is 150 Å². The second-order valence-corrected chi connectivity index (χ2v) is 4.96. The van der Waals surface area contributed by atoms with Gasteiger partial charge in [-0.05, 0) is 24.3 Å². The summed E-state index contributed by atoms with van der Waals surface area (Å²) >= 11 is 0. The number of para-hydroxylation sites is 1. The molecule has 1 N–H and O–H groups in total. The SMILES string of the molecule is COc1cc(OC)nc(Oc2ccccc2C=NNc2ccccn2)n1. The molecule has 3 aromatic rings. The van der Waals surface area contributed by atoms with Crippen LogP contribution in [0, 0.1) is 0 Å². The fourth-order valence-electron chi connectivity index (χ4n) is 2.01. The van der Waals surface area contributed by atoms with Crippen LogP contribution >= 0.6 is 0 Å². The first kappa shape index (κ1) is 17.2. The maximum absolute atomic E-state index is 5.78. The first-order valence-electron chi connectivity index (χ1n) is 7.72. The maximum Gasteiger partial charge on any atom is 0.328 e. The van der Waals surface area contributed by atoms with Gasteiger partial charge >= 0.3 is 6.01 Å². The van der Waals surface area contributed by atoms with Crippen LogP contribution < -0.4 is 19.6 Å². The van der Waals surface area contributed by atoms with E-state index in [1.165, 1.54) is 14.2 Å². The summed E-state index contributed by atoms with van der Waals surface area (Å²) in [6.07, 6.45) is 3.31. The van der Waals surface area contributed by atoms with Crippen LogP contribution in [0.3, 0.4) is 0 Å². The second-order valence-electron chi connectivity index (χ2n) is 4.96. The zero-order valence-corrected chi connectivity index (χ0v) is 14.3. The van der Waals surface area contributed by atoms with Crippen LogP contribution in [-0.2, 0) is 0 Å². The zero-order chi connectivity index (χ0) is 18.2. The molecule has 132 valence electrons. The number of hydrazone groups is 1. The Hall–Kier alpha value is -3.68. The van der Waals surface area contributed by atoms with E-state index in [0.717, 1.165) is 5.56 Å². The number of hydrogen-bond acceptors (Lipinski definition) is 8. The molecular weight excluding hydrogens is 334 g/mol. The third-order valence-corrected chi connectivity index (χ3v) is 3.24. The van der Waals surface area contributed by atoms with E-state index >= 15 is 0 Å². The topological polar surface area (TPSA) is 90.8 Å².